The van der Waals surface area contributed by atoms with E-state index in [0.717, 1.165) is 5.03 Å². The summed E-state index contributed by atoms with van der Waals surface area (Å²) < 4.78 is 0. The van der Waals surface area contributed by atoms with Gasteiger partial charge in [0.05, 0.1) is 0 Å². The molecule has 1 aliphatic rings. The molecule has 1 nitrogen and oxygen atoms in total. The Labute approximate surface area is 110 Å². The number of pyridine rings is 1. The molecule has 0 saturated carbocycles. The minimum Gasteiger partial charge on any atom is -0.229 e. The summed E-state index contributed by atoms with van der Waals surface area (Å²) >= 11 is 7.55. The molecule has 0 atom stereocenters. The quantitative estimate of drug-likeness (QED) is 0.745. The monoisotopic (exact) mass is 261 g/mol. The molecule has 17 heavy (non-hydrogen) atoms. The molecule has 86 valence electrons. The van der Waals surface area contributed by atoms with Crippen molar-refractivity contribution in [2.75, 3.05) is 0 Å². The summed E-state index contributed by atoms with van der Waals surface area (Å²) in [5.41, 5.74) is 3.01. The molecule has 0 unspecified atom stereocenters. The van der Waals surface area contributed by atoms with Crippen LogP contribution in [0.1, 0.15) is 17.5 Å². The van der Waals surface area contributed by atoms with Crippen LogP contribution in [0.2, 0.25) is 5.15 Å². The Bertz CT molecular complexity index is 554. The summed E-state index contributed by atoms with van der Waals surface area (Å²) in [7, 11) is 0. The van der Waals surface area contributed by atoms with Crippen LogP contribution in [0.15, 0.2) is 46.3 Å². The van der Waals surface area contributed by atoms with Crippen molar-refractivity contribution >= 4 is 23.4 Å². The summed E-state index contributed by atoms with van der Waals surface area (Å²) in [6.45, 7) is 0. The molecule has 0 aliphatic heterocycles. The number of aromatic nitrogens is 1. The van der Waals surface area contributed by atoms with Crippen LogP contribution in [0, 0.1) is 0 Å². The third-order valence-corrected chi connectivity index (χ3v) is 4.12. The Morgan fingerprint density at radius 1 is 1.06 bits per heavy atom. The third kappa shape index (κ3) is 2.48. The fraction of sp³-hybridized carbons (Fsp3) is 0.214. The Morgan fingerprint density at radius 2 is 1.94 bits per heavy atom. The standard InChI is InChI=1S/C14H12ClNS/c15-13-5-2-6-14(16-13)17-12-8-7-10-3-1-4-11(10)9-12/h2,5-9H,1,3-4H2. The maximum Gasteiger partial charge on any atom is 0.130 e. The fourth-order valence-electron chi connectivity index (χ4n) is 2.18. The number of nitrogens with zero attached hydrogens (tertiary/aromatic N) is 1. The van der Waals surface area contributed by atoms with Gasteiger partial charge in [0.2, 0.25) is 0 Å². The second kappa shape index (κ2) is 4.71. The van der Waals surface area contributed by atoms with E-state index in [2.05, 4.69) is 23.2 Å². The van der Waals surface area contributed by atoms with Crippen LogP contribution in [0.5, 0.6) is 0 Å². The molecule has 2 aromatic rings. The fourth-order valence-corrected chi connectivity index (χ4v) is 3.26. The number of hydrogen-bond donors (Lipinski definition) is 0. The van der Waals surface area contributed by atoms with Gasteiger partial charge in [-0.25, -0.2) is 4.98 Å². The van der Waals surface area contributed by atoms with Gasteiger partial charge in [0.15, 0.2) is 0 Å². The lowest BCUT2D eigenvalue weighted by atomic mass is 10.1. The minimum absolute atomic E-state index is 0.552. The predicted octanol–water partition coefficient (Wildman–Crippen LogP) is 4.37. The molecule has 3 heteroatoms. The normalized spacial score (nSPS) is 13.7. The number of aryl methyl sites for hydroxylation is 2. The van der Waals surface area contributed by atoms with Crippen LogP contribution >= 0.6 is 23.4 Å². The third-order valence-electron chi connectivity index (χ3n) is 2.98. The molecule has 3 rings (SSSR count). The molecule has 0 fully saturated rings. The van der Waals surface area contributed by atoms with Crippen LogP contribution in [0.25, 0.3) is 0 Å². The summed E-state index contributed by atoms with van der Waals surface area (Å²) in [6, 6.07) is 12.4. The van der Waals surface area contributed by atoms with Crippen LogP contribution < -0.4 is 0 Å². The van der Waals surface area contributed by atoms with Crippen molar-refractivity contribution in [3.63, 3.8) is 0 Å². The Kier molecular flexibility index (Phi) is 3.08. The lowest BCUT2D eigenvalue weighted by molar-refractivity contribution is 0.911. The molecular weight excluding hydrogens is 250 g/mol. The van der Waals surface area contributed by atoms with Gasteiger partial charge in [0.1, 0.15) is 10.2 Å². The molecule has 0 radical (unpaired) electrons. The SMILES string of the molecule is Clc1cccc(Sc2ccc3c(c2)CCC3)n1. The number of fused-ring (bicyclic) bond motifs is 1. The van der Waals surface area contributed by atoms with Gasteiger partial charge in [-0.2, -0.15) is 0 Å². The maximum absolute atomic E-state index is 5.88. The van der Waals surface area contributed by atoms with Gasteiger partial charge >= 0.3 is 0 Å². The number of benzene rings is 1. The second-order valence-corrected chi connectivity index (χ2v) is 5.67. The van der Waals surface area contributed by atoms with E-state index in [1.165, 1.54) is 35.3 Å². The van der Waals surface area contributed by atoms with Crippen LogP contribution in [0.4, 0.5) is 0 Å². The van der Waals surface area contributed by atoms with Gasteiger partial charge < -0.3 is 0 Å². The predicted molar refractivity (Wildman–Crippen MR) is 71.8 cm³/mol. The highest BCUT2D eigenvalue weighted by molar-refractivity contribution is 7.99. The second-order valence-electron chi connectivity index (χ2n) is 4.18. The molecule has 0 spiro atoms. The van der Waals surface area contributed by atoms with Gasteiger partial charge in [-0.3, -0.25) is 0 Å². The first-order valence-electron chi connectivity index (χ1n) is 5.73. The molecule has 0 N–H and O–H groups in total. The molecule has 1 aromatic carbocycles. The molecule has 0 amide bonds. The number of rotatable bonds is 2. The first-order chi connectivity index (χ1) is 8.31. The van der Waals surface area contributed by atoms with E-state index in [-0.39, 0.29) is 0 Å². The molecule has 1 aromatic heterocycles. The zero-order valence-electron chi connectivity index (χ0n) is 9.32. The van der Waals surface area contributed by atoms with E-state index in [0.29, 0.717) is 5.15 Å². The molecular formula is C14H12ClNS. The minimum atomic E-state index is 0.552. The van der Waals surface area contributed by atoms with E-state index in [9.17, 15) is 0 Å². The smallest absolute Gasteiger partial charge is 0.130 e. The summed E-state index contributed by atoms with van der Waals surface area (Å²) in [5, 5.41) is 1.51. The van der Waals surface area contributed by atoms with Gasteiger partial charge in [-0.15, -0.1) is 0 Å². The van der Waals surface area contributed by atoms with Crippen molar-refractivity contribution in [2.45, 2.75) is 29.2 Å². The lowest BCUT2D eigenvalue weighted by Gasteiger charge is -2.04. The van der Waals surface area contributed by atoms with Gasteiger partial charge in [0.25, 0.3) is 0 Å². The first-order valence-corrected chi connectivity index (χ1v) is 6.93. The van der Waals surface area contributed by atoms with Crippen LogP contribution in [-0.2, 0) is 12.8 Å². The van der Waals surface area contributed by atoms with Gasteiger partial charge in [0, 0.05) is 4.90 Å². The van der Waals surface area contributed by atoms with Crippen molar-refractivity contribution in [1.29, 1.82) is 0 Å². The summed E-state index contributed by atoms with van der Waals surface area (Å²) in [6.07, 6.45) is 3.74. The highest BCUT2D eigenvalue weighted by Gasteiger charge is 2.11. The number of hydrogen-bond acceptors (Lipinski definition) is 2. The zero-order valence-corrected chi connectivity index (χ0v) is 10.9. The molecule has 1 aliphatic carbocycles. The van der Waals surface area contributed by atoms with Crippen molar-refractivity contribution in [3.8, 4) is 0 Å². The Balaban J connectivity index is 1.86. The molecule has 0 saturated heterocycles. The Morgan fingerprint density at radius 3 is 2.82 bits per heavy atom. The lowest BCUT2D eigenvalue weighted by Crippen LogP contribution is -1.84. The topological polar surface area (TPSA) is 12.9 Å². The van der Waals surface area contributed by atoms with E-state index >= 15 is 0 Å². The van der Waals surface area contributed by atoms with Crippen LogP contribution in [-0.4, -0.2) is 4.98 Å². The average molecular weight is 262 g/mol. The van der Waals surface area contributed by atoms with Crippen LogP contribution in [0.3, 0.4) is 0 Å². The summed E-state index contributed by atoms with van der Waals surface area (Å²) in [4.78, 5) is 5.54. The molecule has 0 bridgehead atoms. The van der Waals surface area contributed by atoms with Crippen molar-refractivity contribution in [1.82, 2.24) is 4.98 Å². The van der Waals surface area contributed by atoms with E-state index in [4.69, 9.17) is 11.6 Å². The van der Waals surface area contributed by atoms with Crippen molar-refractivity contribution in [3.05, 3.63) is 52.7 Å². The largest absolute Gasteiger partial charge is 0.229 e. The number of halogens is 1. The van der Waals surface area contributed by atoms with E-state index < -0.39 is 0 Å². The van der Waals surface area contributed by atoms with Crippen molar-refractivity contribution in [2.24, 2.45) is 0 Å². The van der Waals surface area contributed by atoms with E-state index in [1.54, 1.807) is 17.8 Å². The highest BCUT2D eigenvalue weighted by atomic mass is 35.5. The highest BCUT2D eigenvalue weighted by Crippen LogP contribution is 2.31. The average Bonchev–Trinajstić information content (AvgIpc) is 2.76. The maximum atomic E-state index is 5.88. The zero-order chi connectivity index (χ0) is 11.7. The summed E-state index contributed by atoms with van der Waals surface area (Å²) in [5.74, 6) is 0. The molecule has 1 heterocycles. The van der Waals surface area contributed by atoms with Gasteiger partial charge in [-0.05, 0) is 54.7 Å². The van der Waals surface area contributed by atoms with E-state index in [1.807, 2.05) is 12.1 Å². The van der Waals surface area contributed by atoms with Crippen molar-refractivity contribution < 1.29 is 0 Å². The Hall–Kier alpha value is -0.990. The van der Waals surface area contributed by atoms with Gasteiger partial charge in [-0.1, -0.05) is 35.5 Å². The first kappa shape index (κ1) is 11.1.